The number of halogens is 2. The van der Waals surface area contributed by atoms with Crippen LogP contribution >= 0.6 is 0 Å². The lowest BCUT2D eigenvalue weighted by Gasteiger charge is -2.08. The number of fused-ring (bicyclic) bond motifs is 1. The van der Waals surface area contributed by atoms with Gasteiger partial charge in [0.05, 0.1) is 6.54 Å². The highest BCUT2D eigenvalue weighted by Crippen LogP contribution is 2.33. The van der Waals surface area contributed by atoms with Gasteiger partial charge in [0.15, 0.2) is 11.4 Å². The standard InChI is InChI=1S/C12H10F2N4O2/c13-12(14)19-8-4-7(6-18-3-1-2-16-18)5-9-10(8)11(15)17-20-9/h1-5,12H,6H2,(H2,15,17). The van der Waals surface area contributed by atoms with E-state index in [1.807, 2.05) is 0 Å². The highest BCUT2D eigenvalue weighted by molar-refractivity contribution is 5.93. The fourth-order valence-corrected chi connectivity index (χ4v) is 1.97. The molecule has 1 aromatic carbocycles. The van der Waals surface area contributed by atoms with Gasteiger partial charge in [0.25, 0.3) is 0 Å². The number of nitrogens with two attached hydrogens (primary N) is 1. The lowest BCUT2D eigenvalue weighted by Crippen LogP contribution is -2.05. The number of alkyl halides is 2. The normalized spacial score (nSPS) is 11.3. The van der Waals surface area contributed by atoms with Crippen LogP contribution in [0.15, 0.2) is 35.1 Å². The van der Waals surface area contributed by atoms with Crippen molar-refractivity contribution in [1.29, 1.82) is 0 Å². The van der Waals surface area contributed by atoms with E-state index in [9.17, 15) is 8.78 Å². The van der Waals surface area contributed by atoms with Crippen LogP contribution in [0.1, 0.15) is 5.56 Å². The van der Waals surface area contributed by atoms with E-state index in [-0.39, 0.29) is 17.0 Å². The van der Waals surface area contributed by atoms with Gasteiger partial charge in [0.1, 0.15) is 11.1 Å². The molecule has 2 heterocycles. The molecule has 0 saturated heterocycles. The van der Waals surface area contributed by atoms with E-state index in [1.54, 1.807) is 29.2 Å². The number of nitrogen functional groups attached to an aromatic ring is 1. The lowest BCUT2D eigenvalue weighted by atomic mass is 10.1. The maximum absolute atomic E-state index is 12.5. The molecule has 3 aromatic rings. The highest BCUT2D eigenvalue weighted by Gasteiger charge is 2.16. The van der Waals surface area contributed by atoms with Gasteiger partial charge in [0.2, 0.25) is 0 Å². The molecule has 0 fully saturated rings. The van der Waals surface area contributed by atoms with Crippen LogP contribution in [0.2, 0.25) is 0 Å². The second-order valence-corrected chi connectivity index (χ2v) is 4.12. The Balaban J connectivity index is 2.05. The van der Waals surface area contributed by atoms with Crippen LogP contribution in [0.25, 0.3) is 11.0 Å². The summed E-state index contributed by atoms with van der Waals surface area (Å²) < 4.78 is 36.1. The molecule has 104 valence electrons. The van der Waals surface area contributed by atoms with E-state index in [0.29, 0.717) is 17.7 Å². The van der Waals surface area contributed by atoms with E-state index in [1.165, 1.54) is 6.07 Å². The summed E-state index contributed by atoms with van der Waals surface area (Å²) in [5, 5.41) is 7.85. The molecule has 0 unspecified atom stereocenters. The maximum atomic E-state index is 12.5. The molecule has 0 amide bonds. The van der Waals surface area contributed by atoms with Crippen molar-refractivity contribution in [3.8, 4) is 5.75 Å². The number of hydrogen-bond acceptors (Lipinski definition) is 5. The van der Waals surface area contributed by atoms with Crippen LogP contribution in [-0.4, -0.2) is 21.5 Å². The first-order chi connectivity index (χ1) is 9.63. The van der Waals surface area contributed by atoms with E-state index in [0.717, 1.165) is 0 Å². The van der Waals surface area contributed by atoms with Gasteiger partial charge in [-0.05, 0) is 23.8 Å². The van der Waals surface area contributed by atoms with Crippen molar-refractivity contribution in [2.45, 2.75) is 13.2 Å². The quantitative estimate of drug-likeness (QED) is 0.793. The molecule has 0 aliphatic heterocycles. The number of ether oxygens (including phenoxy) is 1. The van der Waals surface area contributed by atoms with Gasteiger partial charge in [0, 0.05) is 12.4 Å². The van der Waals surface area contributed by atoms with Crippen molar-refractivity contribution in [2.24, 2.45) is 0 Å². The molecule has 0 spiro atoms. The van der Waals surface area contributed by atoms with Gasteiger partial charge in [-0.3, -0.25) is 4.68 Å². The van der Waals surface area contributed by atoms with Gasteiger partial charge in [-0.2, -0.15) is 13.9 Å². The predicted octanol–water partition coefficient (Wildman–Crippen LogP) is 2.26. The molecule has 8 heteroatoms. The minimum Gasteiger partial charge on any atom is -0.434 e. The summed E-state index contributed by atoms with van der Waals surface area (Å²) in [5.41, 5.74) is 6.57. The number of anilines is 1. The van der Waals surface area contributed by atoms with Crippen LogP contribution in [0.4, 0.5) is 14.6 Å². The Bertz CT molecular complexity index is 724. The Labute approximate surface area is 111 Å². The number of hydrogen-bond donors (Lipinski definition) is 1. The number of rotatable bonds is 4. The van der Waals surface area contributed by atoms with Crippen LogP contribution in [0.5, 0.6) is 5.75 Å². The topological polar surface area (TPSA) is 79.1 Å². The maximum Gasteiger partial charge on any atom is 0.387 e. The fraction of sp³-hybridized carbons (Fsp3) is 0.167. The average molecular weight is 280 g/mol. The Kier molecular flexibility index (Phi) is 2.97. The largest absolute Gasteiger partial charge is 0.434 e. The van der Waals surface area contributed by atoms with Crippen LogP contribution in [-0.2, 0) is 6.54 Å². The van der Waals surface area contributed by atoms with Gasteiger partial charge in [-0.15, -0.1) is 0 Å². The first kappa shape index (κ1) is 12.4. The average Bonchev–Trinajstić information content (AvgIpc) is 2.99. The zero-order chi connectivity index (χ0) is 14.1. The van der Waals surface area contributed by atoms with Crippen molar-refractivity contribution in [1.82, 2.24) is 14.9 Å². The van der Waals surface area contributed by atoms with Gasteiger partial charge in [-0.1, -0.05) is 5.16 Å². The lowest BCUT2D eigenvalue weighted by molar-refractivity contribution is -0.0488. The SMILES string of the molecule is Nc1noc2cc(Cn3cccn3)cc(OC(F)F)c12. The molecule has 2 aromatic heterocycles. The third-order valence-electron chi connectivity index (χ3n) is 2.74. The first-order valence-corrected chi connectivity index (χ1v) is 5.73. The number of nitrogens with zero attached hydrogens (tertiary/aromatic N) is 3. The van der Waals surface area contributed by atoms with E-state index >= 15 is 0 Å². The van der Waals surface area contributed by atoms with Crippen LogP contribution in [0.3, 0.4) is 0 Å². The molecular formula is C12H10F2N4O2. The second-order valence-electron chi connectivity index (χ2n) is 4.12. The zero-order valence-corrected chi connectivity index (χ0v) is 10.2. The van der Waals surface area contributed by atoms with Crippen LogP contribution in [0, 0.1) is 0 Å². The summed E-state index contributed by atoms with van der Waals surface area (Å²) in [6.07, 6.45) is 3.38. The Morgan fingerprint density at radius 2 is 2.25 bits per heavy atom. The second kappa shape index (κ2) is 4.80. The van der Waals surface area contributed by atoms with E-state index in [4.69, 9.17) is 10.3 Å². The molecule has 0 saturated carbocycles. The monoisotopic (exact) mass is 280 g/mol. The molecule has 0 aliphatic carbocycles. The summed E-state index contributed by atoms with van der Waals surface area (Å²) >= 11 is 0. The molecule has 0 bridgehead atoms. The van der Waals surface area contributed by atoms with Gasteiger partial charge >= 0.3 is 6.61 Å². The minimum absolute atomic E-state index is 0.0151. The van der Waals surface area contributed by atoms with Crippen molar-refractivity contribution in [2.75, 3.05) is 5.73 Å². The summed E-state index contributed by atoms with van der Waals surface area (Å²) in [7, 11) is 0. The van der Waals surface area contributed by atoms with Gasteiger partial charge < -0.3 is 15.0 Å². The number of benzene rings is 1. The Morgan fingerprint density at radius 1 is 1.40 bits per heavy atom. The highest BCUT2D eigenvalue weighted by atomic mass is 19.3. The predicted molar refractivity (Wildman–Crippen MR) is 66.4 cm³/mol. The fourth-order valence-electron chi connectivity index (χ4n) is 1.97. The minimum atomic E-state index is -2.95. The summed E-state index contributed by atoms with van der Waals surface area (Å²) in [6.45, 7) is -2.56. The van der Waals surface area contributed by atoms with Crippen LogP contribution < -0.4 is 10.5 Å². The van der Waals surface area contributed by atoms with Gasteiger partial charge in [-0.25, -0.2) is 0 Å². The molecule has 6 nitrogen and oxygen atoms in total. The molecule has 3 rings (SSSR count). The summed E-state index contributed by atoms with van der Waals surface area (Å²) in [4.78, 5) is 0. The smallest absolute Gasteiger partial charge is 0.387 e. The molecule has 20 heavy (non-hydrogen) atoms. The van der Waals surface area contributed by atoms with Crippen molar-refractivity contribution < 1.29 is 18.0 Å². The third-order valence-corrected chi connectivity index (χ3v) is 2.74. The molecule has 0 aliphatic rings. The van der Waals surface area contributed by atoms with Crippen molar-refractivity contribution in [3.05, 3.63) is 36.2 Å². The van der Waals surface area contributed by atoms with E-state index < -0.39 is 6.61 Å². The first-order valence-electron chi connectivity index (χ1n) is 5.73. The van der Waals surface area contributed by atoms with E-state index in [2.05, 4.69) is 15.0 Å². The third kappa shape index (κ3) is 2.27. The summed E-state index contributed by atoms with van der Waals surface area (Å²) in [5.74, 6) is -0.0419. The van der Waals surface area contributed by atoms with Crippen molar-refractivity contribution in [3.63, 3.8) is 0 Å². The molecular weight excluding hydrogens is 270 g/mol. The number of aromatic nitrogens is 3. The Hall–Kier alpha value is -2.64. The zero-order valence-electron chi connectivity index (χ0n) is 10.2. The van der Waals surface area contributed by atoms with Crippen molar-refractivity contribution >= 4 is 16.8 Å². The molecule has 0 radical (unpaired) electrons. The molecule has 0 atom stereocenters. The summed E-state index contributed by atoms with van der Waals surface area (Å²) in [6, 6.07) is 4.91. The molecule has 2 N–H and O–H groups in total. The Morgan fingerprint density at radius 3 is 2.95 bits per heavy atom.